The highest BCUT2D eigenvalue weighted by atomic mass is 35.5. The third kappa shape index (κ3) is 6.27. The summed E-state index contributed by atoms with van der Waals surface area (Å²) in [4.78, 5) is 33.8. The molecule has 0 spiro atoms. The van der Waals surface area contributed by atoms with E-state index >= 15 is 0 Å². The molecule has 7 heteroatoms. The number of hydrogen-bond acceptors (Lipinski definition) is 3. The number of hydrogen-bond donors (Lipinski definition) is 3. The van der Waals surface area contributed by atoms with Crippen LogP contribution in [0.25, 0.3) is 0 Å². The molecule has 3 N–H and O–H groups in total. The maximum absolute atomic E-state index is 11.7. The number of carbonyl (C=O) groups excluding carboxylic acids is 2. The summed E-state index contributed by atoms with van der Waals surface area (Å²) in [6.07, 6.45) is 0.337. The number of amides is 2. The van der Waals surface area contributed by atoms with Crippen LogP contribution in [0.3, 0.4) is 0 Å². The fourth-order valence-electron chi connectivity index (χ4n) is 1.51. The zero-order valence-corrected chi connectivity index (χ0v) is 12.3. The lowest BCUT2D eigenvalue weighted by Crippen LogP contribution is -2.37. The van der Waals surface area contributed by atoms with E-state index in [0.717, 1.165) is 0 Å². The predicted octanol–water partition coefficient (Wildman–Crippen LogP) is 1.30. The normalized spacial score (nSPS) is 11.5. The molecule has 0 bridgehead atoms. The number of benzene rings is 1. The van der Waals surface area contributed by atoms with Gasteiger partial charge in [-0.1, -0.05) is 24.6 Å². The van der Waals surface area contributed by atoms with Crippen LogP contribution in [0, 0.1) is 5.92 Å². The molecule has 0 aliphatic heterocycles. The Morgan fingerprint density at radius 2 is 2.00 bits per heavy atom. The molecule has 0 radical (unpaired) electrons. The minimum atomic E-state index is -0.904. The second-order valence-electron chi connectivity index (χ2n) is 4.57. The maximum Gasteiger partial charge on any atom is 0.306 e. The highest BCUT2D eigenvalue weighted by Gasteiger charge is 2.11. The Morgan fingerprint density at radius 1 is 1.29 bits per heavy atom. The molecular weight excluding hydrogens is 296 g/mol. The van der Waals surface area contributed by atoms with Crippen molar-refractivity contribution in [3.8, 4) is 0 Å². The first kappa shape index (κ1) is 17.0. The minimum Gasteiger partial charge on any atom is -0.481 e. The molecule has 114 valence electrons. The van der Waals surface area contributed by atoms with Gasteiger partial charge in [0.25, 0.3) is 5.91 Å². The van der Waals surface area contributed by atoms with E-state index in [1.54, 1.807) is 25.1 Å². The number of aliphatic carboxylic acids is 1. The van der Waals surface area contributed by atoms with E-state index in [1.165, 1.54) is 6.07 Å². The molecule has 0 heterocycles. The number of halogens is 1. The third-order valence-corrected chi connectivity index (χ3v) is 3.05. The molecular formula is C14H17ClN2O4. The van der Waals surface area contributed by atoms with Gasteiger partial charge < -0.3 is 15.7 Å². The molecule has 0 aromatic heterocycles. The van der Waals surface area contributed by atoms with Crippen molar-refractivity contribution < 1.29 is 19.5 Å². The van der Waals surface area contributed by atoms with Crippen molar-refractivity contribution in [2.75, 3.05) is 13.1 Å². The SMILES string of the molecule is CC(CCNC(=O)CNC(=O)c1cccc(Cl)c1)C(=O)O. The van der Waals surface area contributed by atoms with Crippen molar-refractivity contribution in [2.24, 2.45) is 5.92 Å². The summed E-state index contributed by atoms with van der Waals surface area (Å²) < 4.78 is 0. The number of rotatable bonds is 7. The van der Waals surface area contributed by atoms with Crippen LogP contribution in [0.5, 0.6) is 0 Å². The van der Waals surface area contributed by atoms with Gasteiger partial charge in [-0.3, -0.25) is 14.4 Å². The number of carbonyl (C=O) groups is 3. The van der Waals surface area contributed by atoms with Crippen LogP contribution >= 0.6 is 11.6 Å². The molecule has 0 fully saturated rings. The molecule has 0 aliphatic rings. The fraction of sp³-hybridized carbons (Fsp3) is 0.357. The standard InChI is InChI=1S/C14H17ClN2O4/c1-9(14(20)21)5-6-16-12(18)8-17-13(19)10-3-2-4-11(15)7-10/h2-4,7,9H,5-6,8H2,1H3,(H,16,18)(H,17,19)(H,20,21). The lowest BCUT2D eigenvalue weighted by molar-refractivity contribution is -0.141. The summed E-state index contributed by atoms with van der Waals surface area (Å²) >= 11 is 5.77. The summed E-state index contributed by atoms with van der Waals surface area (Å²) in [7, 11) is 0. The second-order valence-corrected chi connectivity index (χ2v) is 5.01. The molecule has 0 aliphatic carbocycles. The first-order valence-corrected chi connectivity index (χ1v) is 6.81. The van der Waals surface area contributed by atoms with E-state index < -0.39 is 17.8 Å². The molecule has 1 aromatic carbocycles. The Bertz CT molecular complexity index is 533. The van der Waals surface area contributed by atoms with Crippen molar-refractivity contribution in [3.63, 3.8) is 0 Å². The van der Waals surface area contributed by atoms with Crippen molar-refractivity contribution >= 4 is 29.4 Å². The number of carboxylic acids is 1. The Balaban J connectivity index is 2.30. The molecule has 0 saturated heterocycles. The lowest BCUT2D eigenvalue weighted by atomic mass is 10.1. The summed E-state index contributed by atoms with van der Waals surface area (Å²) in [6, 6.07) is 6.39. The van der Waals surface area contributed by atoms with Crippen LogP contribution in [0.4, 0.5) is 0 Å². The van der Waals surface area contributed by atoms with Gasteiger partial charge in [0.05, 0.1) is 12.5 Å². The van der Waals surface area contributed by atoms with Crippen LogP contribution in [0.15, 0.2) is 24.3 Å². The van der Waals surface area contributed by atoms with Crippen molar-refractivity contribution in [2.45, 2.75) is 13.3 Å². The monoisotopic (exact) mass is 312 g/mol. The van der Waals surface area contributed by atoms with Crippen LogP contribution in [-0.4, -0.2) is 36.0 Å². The summed E-state index contributed by atoms with van der Waals surface area (Å²) in [5.74, 6) is -2.20. The Morgan fingerprint density at radius 3 is 2.62 bits per heavy atom. The van der Waals surface area contributed by atoms with E-state index in [9.17, 15) is 14.4 Å². The highest BCUT2D eigenvalue weighted by molar-refractivity contribution is 6.30. The Labute approximate surface area is 127 Å². The average molecular weight is 313 g/mol. The first-order chi connectivity index (χ1) is 9.90. The number of carboxylic acid groups (broad SMARTS) is 1. The Kier molecular flexibility index (Phi) is 6.68. The quantitative estimate of drug-likeness (QED) is 0.707. The van der Waals surface area contributed by atoms with Gasteiger partial charge in [0, 0.05) is 17.1 Å². The van der Waals surface area contributed by atoms with Gasteiger partial charge in [0.15, 0.2) is 0 Å². The van der Waals surface area contributed by atoms with Crippen molar-refractivity contribution in [1.29, 1.82) is 0 Å². The van der Waals surface area contributed by atoms with E-state index in [-0.39, 0.29) is 19.0 Å². The fourth-order valence-corrected chi connectivity index (χ4v) is 1.70. The van der Waals surface area contributed by atoms with Crippen LogP contribution in [-0.2, 0) is 9.59 Å². The van der Waals surface area contributed by atoms with Gasteiger partial charge in [-0.25, -0.2) is 0 Å². The summed E-state index contributed by atoms with van der Waals surface area (Å²) in [5, 5.41) is 14.1. The van der Waals surface area contributed by atoms with Gasteiger partial charge in [-0.05, 0) is 24.6 Å². The highest BCUT2D eigenvalue weighted by Crippen LogP contribution is 2.10. The zero-order valence-electron chi connectivity index (χ0n) is 11.6. The molecule has 21 heavy (non-hydrogen) atoms. The van der Waals surface area contributed by atoms with Crippen LogP contribution in [0.2, 0.25) is 5.02 Å². The molecule has 6 nitrogen and oxygen atoms in total. The van der Waals surface area contributed by atoms with E-state index in [0.29, 0.717) is 17.0 Å². The topological polar surface area (TPSA) is 95.5 Å². The molecule has 1 rings (SSSR count). The predicted molar refractivity (Wildman–Crippen MR) is 78.2 cm³/mol. The number of nitrogens with one attached hydrogen (secondary N) is 2. The van der Waals surface area contributed by atoms with E-state index in [1.807, 2.05) is 0 Å². The molecule has 2 amide bonds. The van der Waals surface area contributed by atoms with Gasteiger partial charge in [0.2, 0.25) is 5.91 Å². The molecule has 1 atom stereocenters. The van der Waals surface area contributed by atoms with E-state index in [2.05, 4.69) is 10.6 Å². The van der Waals surface area contributed by atoms with Gasteiger partial charge in [0.1, 0.15) is 0 Å². The summed E-state index contributed by atoms with van der Waals surface area (Å²) in [6.45, 7) is 1.64. The Hall–Kier alpha value is -2.08. The smallest absolute Gasteiger partial charge is 0.306 e. The van der Waals surface area contributed by atoms with Gasteiger partial charge in [-0.15, -0.1) is 0 Å². The lowest BCUT2D eigenvalue weighted by Gasteiger charge is -2.09. The van der Waals surface area contributed by atoms with Crippen molar-refractivity contribution in [3.05, 3.63) is 34.9 Å². The second kappa shape index (κ2) is 8.26. The van der Waals surface area contributed by atoms with Gasteiger partial charge in [-0.2, -0.15) is 0 Å². The van der Waals surface area contributed by atoms with Crippen molar-refractivity contribution in [1.82, 2.24) is 10.6 Å². The maximum atomic E-state index is 11.7. The first-order valence-electron chi connectivity index (χ1n) is 6.43. The molecule has 1 aromatic rings. The summed E-state index contributed by atoms with van der Waals surface area (Å²) in [5.41, 5.74) is 0.370. The minimum absolute atomic E-state index is 0.174. The largest absolute Gasteiger partial charge is 0.481 e. The third-order valence-electron chi connectivity index (χ3n) is 2.82. The van der Waals surface area contributed by atoms with E-state index in [4.69, 9.17) is 16.7 Å². The molecule has 1 unspecified atom stereocenters. The molecule has 0 saturated carbocycles. The zero-order chi connectivity index (χ0) is 15.8. The van der Waals surface area contributed by atoms with Crippen LogP contribution < -0.4 is 10.6 Å². The van der Waals surface area contributed by atoms with Crippen LogP contribution in [0.1, 0.15) is 23.7 Å². The average Bonchev–Trinajstić information content (AvgIpc) is 2.44. The van der Waals surface area contributed by atoms with Gasteiger partial charge >= 0.3 is 5.97 Å².